The van der Waals surface area contributed by atoms with Crippen molar-refractivity contribution in [1.29, 1.82) is 0 Å². The van der Waals surface area contributed by atoms with Crippen molar-refractivity contribution >= 4 is 32.5 Å². The lowest BCUT2D eigenvalue weighted by Crippen LogP contribution is -2.36. The zero-order chi connectivity index (χ0) is 19.7. The van der Waals surface area contributed by atoms with Gasteiger partial charge in [0.25, 0.3) is 5.82 Å². The van der Waals surface area contributed by atoms with Crippen LogP contribution < -0.4 is 4.57 Å². The Morgan fingerprint density at radius 2 is 1.52 bits per heavy atom. The number of hydrogen-bond acceptors (Lipinski definition) is 1. The van der Waals surface area contributed by atoms with Gasteiger partial charge in [-0.2, -0.15) is 0 Å². The van der Waals surface area contributed by atoms with E-state index >= 15 is 0 Å². The van der Waals surface area contributed by atoms with E-state index in [9.17, 15) is 0 Å². The predicted octanol–water partition coefficient (Wildman–Crippen LogP) is 6.01. The molecule has 0 radical (unpaired) electrons. The Balaban J connectivity index is 2.14. The Bertz CT molecular complexity index is 1200. The quantitative estimate of drug-likeness (QED) is 0.379. The molecule has 0 aliphatic heterocycles. The fourth-order valence-corrected chi connectivity index (χ4v) is 5.81. The number of imidazole rings is 1. The molecule has 0 saturated carbocycles. The molecule has 0 spiro atoms. The molecule has 0 amide bonds. The molecule has 0 unspecified atom stereocenters. The van der Waals surface area contributed by atoms with E-state index in [1.54, 1.807) is 0 Å². The first-order valence-corrected chi connectivity index (χ1v) is 10.5. The van der Waals surface area contributed by atoms with Crippen LogP contribution in [-0.4, -0.2) is 4.57 Å². The first-order chi connectivity index (χ1) is 12.7. The largest absolute Gasteiger partial charge is 0.254 e. The van der Waals surface area contributed by atoms with Crippen LogP contribution in [0.15, 0.2) is 29.6 Å². The van der Waals surface area contributed by atoms with Crippen LogP contribution in [0.2, 0.25) is 0 Å². The Kier molecular flexibility index (Phi) is 4.01. The Hall–Kier alpha value is -2.13. The maximum absolute atomic E-state index is 2.56. The van der Waals surface area contributed by atoms with Crippen LogP contribution >= 0.6 is 11.3 Å². The fourth-order valence-electron chi connectivity index (χ4n) is 4.69. The average Bonchev–Trinajstić information content (AvgIpc) is 3.19. The highest BCUT2D eigenvalue weighted by Crippen LogP contribution is 2.40. The third-order valence-electron chi connectivity index (χ3n) is 6.69. The van der Waals surface area contributed by atoms with Gasteiger partial charge in [0.2, 0.25) is 0 Å². The number of fused-ring (bicyclic) bond motifs is 2. The number of hydrogen-bond donors (Lipinski definition) is 0. The molecule has 0 atom stereocenters. The van der Waals surface area contributed by atoms with Gasteiger partial charge in [0.15, 0.2) is 11.0 Å². The molecule has 4 aromatic rings. The first kappa shape index (κ1) is 18.2. The van der Waals surface area contributed by atoms with E-state index in [-0.39, 0.29) is 5.54 Å². The van der Waals surface area contributed by atoms with Crippen LogP contribution in [0.5, 0.6) is 0 Å². The van der Waals surface area contributed by atoms with Gasteiger partial charge in [0.05, 0.1) is 7.05 Å². The molecule has 2 aromatic heterocycles. The lowest BCUT2D eigenvalue weighted by molar-refractivity contribution is -0.652. The molecule has 4 rings (SSSR count). The fraction of sp³-hybridized carbons (Fsp3) is 0.375. The van der Waals surface area contributed by atoms with Crippen LogP contribution in [-0.2, 0) is 12.6 Å². The van der Waals surface area contributed by atoms with Gasteiger partial charge < -0.3 is 0 Å². The zero-order valence-electron chi connectivity index (χ0n) is 17.7. The maximum atomic E-state index is 2.56. The van der Waals surface area contributed by atoms with E-state index < -0.39 is 0 Å². The van der Waals surface area contributed by atoms with Crippen molar-refractivity contribution in [3.63, 3.8) is 0 Å². The van der Waals surface area contributed by atoms with E-state index in [4.69, 9.17) is 0 Å². The van der Waals surface area contributed by atoms with E-state index in [2.05, 4.69) is 94.3 Å². The summed E-state index contributed by atoms with van der Waals surface area (Å²) in [6.07, 6.45) is 0. The van der Waals surface area contributed by atoms with Crippen LogP contribution in [0.1, 0.15) is 47.5 Å². The van der Waals surface area contributed by atoms with Crippen molar-refractivity contribution in [2.75, 3.05) is 0 Å². The Morgan fingerprint density at radius 1 is 0.889 bits per heavy atom. The van der Waals surface area contributed by atoms with Gasteiger partial charge in [-0.15, -0.1) is 11.3 Å². The van der Waals surface area contributed by atoms with Gasteiger partial charge in [-0.25, -0.2) is 9.13 Å². The minimum Gasteiger partial charge on any atom is -0.230 e. The van der Waals surface area contributed by atoms with Gasteiger partial charge in [0.1, 0.15) is 5.54 Å². The van der Waals surface area contributed by atoms with E-state index in [0.717, 1.165) is 0 Å². The molecule has 0 fully saturated rings. The molecule has 0 aliphatic carbocycles. The van der Waals surface area contributed by atoms with Crippen molar-refractivity contribution < 1.29 is 4.57 Å². The second-order valence-corrected chi connectivity index (χ2v) is 9.25. The number of benzene rings is 2. The summed E-state index contributed by atoms with van der Waals surface area (Å²) in [5.74, 6) is 1.29. The van der Waals surface area contributed by atoms with Crippen molar-refractivity contribution in [1.82, 2.24) is 4.57 Å². The SMILES string of the molecule is Cc1c(C)c(C)c2c(c1C)n(C(C)(C)c1csc3ccccc13)c(C)[n+]2C. The normalized spacial score (nSPS) is 12.4. The highest BCUT2D eigenvalue weighted by Gasteiger charge is 2.38. The maximum Gasteiger partial charge on any atom is 0.254 e. The predicted molar refractivity (Wildman–Crippen MR) is 117 cm³/mol. The minimum atomic E-state index is -0.137. The van der Waals surface area contributed by atoms with E-state index in [1.165, 1.54) is 54.8 Å². The van der Waals surface area contributed by atoms with Crippen LogP contribution in [0.3, 0.4) is 0 Å². The van der Waals surface area contributed by atoms with Gasteiger partial charge >= 0.3 is 0 Å². The molecule has 2 nitrogen and oxygen atoms in total. The van der Waals surface area contributed by atoms with Gasteiger partial charge in [0, 0.05) is 33.7 Å². The van der Waals surface area contributed by atoms with Crippen molar-refractivity contribution in [3.8, 4) is 0 Å². The third kappa shape index (κ3) is 2.34. The second kappa shape index (κ2) is 5.93. The lowest BCUT2D eigenvalue weighted by atomic mass is 9.91. The lowest BCUT2D eigenvalue weighted by Gasteiger charge is -2.24. The van der Waals surface area contributed by atoms with Crippen molar-refractivity contribution in [3.05, 3.63) is 63.3 Å². The third-order valence-corrected chi connectivity index (χ3v) is 7.65. The van der Waals surface area contributed by atoms with Gasteiger partial charge in [-0.3, -0.25) is 0 Å². The summed E-state index contributed by atoms with van der Waals surface area (Å²) in [5, 5.41) is 3.72. The molecule has 2 heterocycles. The summed E-state index contributed by atoms with van der Waals surface area (Å²) in [4.78, 5) is 0. The van der Waals surface area contributed by atoms with Crippen molar-refractivity contribution in [2.24, 2.45) is 7.05 Å². The molecule has 0 bridgehead atoms. The number of nitrogens with zero attached hydrogens (tertiary/aromatic N) is 2. The molecule has 0 aliphatic rings. The minimum absolute atomic E-state index is 0.137. The highest BCUT2D eigenvalue weighted by molar-refractivity contribution is 7.17. The summed E-state index contributed by atoms with van der Waals surface area (Å²) in [7, 11) is 2.21. The Morgan fingerprint density at radius 3 is 2.22 bits per heavy atom. The molecule has 0 saturated heterocycles. The molecule has 27 heavy (non-hydrogen) atoms. The van der Waals surface area contributed by atoms with Crippen LogP contribution in [0, 0.1) is 34.6 Å². The average molecular weight is 378 g/mol. The molecule has 2 aromatic carbocycles. The molecule has 3 heteroatoms. The van der Waals surface area contributed by atoms with E-state index in [0.29, 0.717) is 0 Å². The van der Waals surface area contributed by atoms with Gasteiger partial charge in [-0.05, 0) is 64.1 Å². The molecule has 140 valence electrons. The summed E-state index contributed by atoms with van der Waals surface area (Å²) in [6.45, 7) is 16.0. The molecule has 0 N–H and O–H groups in total. The monoisotopic (exact) mass is 377 g/mol. The number of rotatable bonds is 2. The second-order valence-electron chi connectivity index (χ2n) is 8.34. The van der Waals surface area contributed by atoms with E-state index in [1.807, 2.05) is 11.3 Å². The molecular weight excluding hydrogens is 348 g/mol. The Labute approximate surface area is 166 Å². The number of thiophene rings is 1. The summed E-state index contributed by atoms with van der Waals surface area (Å²) in [6, 6.07) is 8.77. The summed E-state index contributed by atoms with van der Waals surface area (Å²) < 4.78 is 6.30. The smallest absolute Gasteiger partial charge is 0.230 e. The topological polar surface area (TPSA) is 8.81 Å². The zero-order valence-corrected chi connectivity index (χ0v) is 18.5. The number of aromatic nitrogens is 2. The van der Waals surface area contributed by atoms with Crippen LogP contribution in [0.4, 0.5) is 0 Å². The van der Waals surface area contributed by atoms with Crippen LogP contribution in [0.25, 0.3) is 21.1 Å². The first-order valence-electron chi connectivity index (χ1n) is 9.62. The number of aryl methyl sites for hydroxylation is 3. The van der Waals surface area contributed by atoms with Crippen molar-refractivity contribution in [2.45, 2.75) is 54.0 Å². The van der Waals surface area contributed by atoms with Gasteiger partial charge in [-0.1, -0.05) is 18.2 Å². The summed E-state index contributed by atoms with van der Waals surface area (Å²) in [5.41, 5.74) is 9.60. The standard InChI is InChI=1S/C24H29N2S/c1-14-15(2)17(4)23-22(16(14)3)25(8)18(5)26(23)24(6,7)20-13-27-21-12-10-9-11-19(20)21/h9-13H,1-8H3/q+1. The summed E-state index contributed by atoms with van der Waals surface area (Å²) >= 11 is 1.85. The highest BCUT2D eigenvalue weighted by atomic mass is 32.1. The molecular formula is C24H29N2S+.